The number of para-hydroxylation sites is 1. The minimum atomic E-state index is 0.178. The van der Waals surface area contributed by atoms with E-state index < -0.39 is 0 Å². The molecule has 1 aromatic carbocycles. The van der Waals surface area contributed by atoms with Gasteiger partial charge in [-0.1, -0.05) is 30.0 Å². The van der Waals surface area contributed by atoms with Gasteiger partial charge >= 0.3 is 0 Å². The summed E-state index contributed by atoms with van der Waals surface area (Å²) in [7, 11) is 0. The summed E-state index contributed by atoms with van der Waals surface area (Å²) in [5.41, 5.74) is 7.10. The minimum absolute atomic E-state index is 0.178. The molecule has 0 radical (unpaired) electrons. The number of ether oxygens (including phenoxy) is 1. The van der Waals surface area contributed by atoms with Gasteiger partial charge in [0.05, 0.1) is 12.1 Å². The van der Waals surface area contributed by atoms with Gasteiger partial charge in [0.25, 0.3) is 0 Å². The van der Waals surface area contributed by atoms with Crippen LogP contribution in [0.5, 0.6) is 0 Å². The van der Waals surface area contributed by atoms with Crippen LogP contribution >= 0.6 is 11.8 Å². The molecular formula is C13H15N3OS. The van der Waals surface area contributed by atoms with E-state index in [1.54, 1.807) is 18.1 Å². The topological polar surface area (TPSA) is 61.0 Å². The van der Waals surface area contributed by atoms with E-state index in [0.29, 0.717) is 6.61 Å². The molecule has 5 heteroatoms. The molecule has 1 aromatic heterocycles. The maximum atomic E-state index is 6.13. The van der Waals surface area contributed by atoms with Crippen LogP contribution < -0.4 is 5.73 Å². The highest BCUT2D eigenvalue weighted by Gasteiger charge is 2.24. The highest BCUT2D eigenvalue weighted by atomic mass is 32.2. The second-order valence-corrected chi connectivity index (χ2v) is 5.61. The molecule has 1 fully saturated rings. The second kappa shape index (κ2) is 5.22. The van der Waals surface area contributed by atoms with E-state index in [2.05, 4.69) is 9.97 Å². The average Bonchev–Trinajstić information content (AvgIpc) is 2.42. The maximum Gasteiger partial charge on any atom is 0.117 e. The molecule has 2 atom stereocenters. The summed E-state index contributed by atoms with van der Waals surface area (Å²) in [6.45, 7) is 1.47. The zero-order valence-electron chi connectivity index (χ0n) is 9.95. The fourth-order valence-electron chi connectivity index (χ4n) is 2.07. The van der Waals surface area contributed by atoms with Crippen LogP contribution in [0.4, 0.5) is 0 Å². The summed E-state index contributed by atoms with van der Waals surface area (Å²) in [4.78, 5) is 8.64. The van der Waals surface area contributed by atoms with Crippen molar-refractivity contribution >= 4 is 22.7 Å². The molecule has 2 unspecified atom stereocenters. The van der Waals surface area contributed by atoms with Gasteiger partial charge in [0, 0.05) is 23.3 Å². The van der Waals surface area contributed by atoms with E-state index in [-0.39, 0.29) is 11.3 Å². The van der Waals surface area contributed by atoms with E-state index in [4.69, 9.17) is 10.5 Å². The number of fused-ring (bicyclic) bond motifs is 1. The average molecular weight is 261 g/mol. The number of nitrogens with zero attached hydrogens (tertiary/aromatic N) is 2. The Balaban J connectivity index is 1.90. The molecule has 2 heterocycles. The Kier molecular flexibility index (Phi) is 3.45. The molecule has 2 N–H and O–H groups in total. The highest BCUT2D eigenvalue weighted by molar-refractivity contribution is 8.00. The first-order valence-electron chi connectivity index (χ1n) is 6.04. The molecule has 18 heavy (non-hydrogen) atoms. The molecule has 0 spiro atoms. The normalized spacial score (nSPS) is 24.3. The third-order valence-electron chi connectivity index (χ3n) is 3.12. The van der Waals surface area contributed by atoms with Gasteiger partial charge in [0.15, 0.2) is 0 Å². The van der Waals surface area contributed by atoms with E-state index >= 15 is 0 Å². The number of thioether (sulfide) groups is 1. The van der Waals surface area contributed by atoms with Crippen LogP contribution in [0.3, 0.4) is 0 Å². The quantitative estimate of drug-likeness (QED) is 0.836. The Labute approximate surface area is 110 Å². The van der Waals surface area contributed by atoms with E-state index in [1.165, 1.54) is 0 Å². The van der Waals surface area contributed by atoms with E-state index in [0.717, 1.165) is 29.0 Å². The molecule has 94 valence electrons. The van der Waals surface area contributed by atoms with Gasteiger partial charge in [-0.2, -0.15) is 0 Å². The first-order valence-corrected chi connectivity index (χ1v) is 6.92. The first kappa shape index (κ1) is 11.9. The van der Waals surface area contributed by atoms with Crippen LogP contribution in [-0.4, -0.2) is 34.5 Å². The standard InChI is InChI=1S/C13H15N3OS/c14-10-5-6-17-7-12(10)18-13-9-3-1-2-4-11(9)15-8-16-13/h1-4,8,10,12H,5-7,14H2. The van der Waals surface area contributed by atoms with Crippen LogP contribution in [0.25, 0.3) is 10.9 Å². The third kappa shape index (κ3) is 2.34. The van der Waals surface area contributed by atoms with Gasteiger partial charge < -0.3 is 10.5 Å². The smallest absolute Gasteiger partial charge is 0.117 e. The molecule has 2 aromatic rings. The molecule has 1 saturated heterocycles. The van der Waals surface area contributed by atoms with Gasteiger partial charge in [-0.3, -0.25) is 0 Å². The second-order valence-electron chi connectivity index (χ2n) is 4.38. The molecule has 1 aliphatic rings. The van der Waals surface area contributed by atoms with Gasteiger partial charge in [0.2, 0.25) is 0 Å². The fraction of sp³-hybridized carbons (Fsp3) is 0.385. The number of nitrogens with two attached hydrogens (primary N) is 1. The van der Waals surface area contributed by atoms with Crippen LogP contribution in [-0.2, 0) is 4.74 Å². The Hall–Kier alpha value is -1.17. The van der Waals surface area contributed by atoms with Crippen molar-refractivity contribution in [3.8, 4) is 0 Å². The Morgan fingerprint density at radius 3 is 3.06 bits per heavy atom. The zero-order valence-corrected chi connectivity index (χ0v) is 10.8. The number of rotatable bonds is 2. The van der Waals surface area contributed by atoms with Gasteiger partial charge in [-0.15, -0.1) is 0 Å². The molecule has 4 nitrogen and oxygen atoms in total. The molecule has 3 rings (SSSR count). The van der Waals surface area contributed by atoms with Crippen LogP contribution in [0.2, 0.25) is 0 Å². The largest absolute Gasteiger partial charge is 0.380 e. The van der Waals surface area contributed by atoms with Crippen molar-refractivity contribution in [2.45, 2.75) is 22.7 Å². The van der Waals surface area contributed by atoms with Crippen molar-refractivity contribution in [3.63, 3.8) is 0 Å². The molecule has 0 amide bonds. The molecular weight excluding hydrogens is 246 g/mol. The SMILES string of the molecule is NC1CCOCC1Sc1ncnc2ccccc12. The van der Waals surface area contributed by atoms with Gasteiger partial charge in [0.1, 0.15) is 11.4 Å². The van der Waals surface area contributed by atoms with E-state index in [9.17, 15) is 0 Å². The predicted molar refractivity (Wildman–Crippen MR) is 72.6 cm³/mol. The lowest BCUT2D eigenvalue weighted by Gasteiger charge is -2.27. The summed E-state index contributed by atoms with van der Waals surface area (Å²) < 4.78 is 5.49. The monoisotopic (exact) mass is 261 g/mol. The molecule has 0 aliphatic carbocycles. The van der Waals surface area contributed by atoms with Crippen molar-refractivity contribution in [2.75, 3.05) is 13.2 Å². The maximum absolute atomic E-state index is 6.13. The summed E-state index contributed by atoms with van der Waals surface area (Å²) in [5.74, 6) is 0. The number of hydrogen-bond donors (Lipinski definition) is 1. The van der Waals surface area contributed by atoms with Crippen LogP contribution in [0, 0.1) is 0 Å². The van der Waals surface area contributed by atoms with E-state index in [1.807, 2.05) is 24.3 Å². The molecule has 0 saturated carbocycles. The van der Waals surface area contributed by atoms with Gasteiger partial charge in [-0.05, 0) is 12.5 Å². The minimum Gasteiger partial charge on any atom is -0.380 e. The van der Waals surface area contributed by atoms with Crippen LogP contribution in [0.15, 0.2) is 35.6 Å². The summed E-state index contributed by atoms with van der Waals surface area (Å²) in [6.07, 6.45) is 2.53. The van der Waals surface area contributed by atoms with Crippen molar-refractivity contribution in [1.82, 2.24) is 9.97 Å². The van der Waals surface area contributed by atoms with Crippen molar-refractivity contribution in [1.29, 1.82) is 0 Å². The number of hydrogen-bond acceptors (Lipinski definition) is 5. The van der Waals surface area contributed by atoms with Crippen molar-refractivity contribution in [3.05, 3.63) is 30.6 Å². The lowest BCUT2D eigenvalue weighted by Crippen LogP contribution is -2.40. The Morgan fingerprint density at radius 1 is 1.28 bits per heavy atom. The van der Waals surface area contributed by atoms with Crippen LogP contribution in [0.1, 0.15) is 6.42 Å². The van der Waals surface area contributed by atoms with Crippen molar-refractivity contribution < 1.29 is 4.74 Å². The molecule has 0 bridgehead atoms. The lowest BCUT2D eigenvalue weighted by molar-refractivity contribution is 0.0916. The number of benzene rings is 1. The zero-order chi connectivity index (χ0) is 12.4. The summed E-state index contributed by atoms with van der Waals surface area (Å²) >= 11 is 1.70. The Morgan fingerprint density at radius 2 is 2.17 bits per heavy atom. The predicted octanol–water partition coefficient (Wildman–Crippen LogP) is 1.84. The summed E-state index contributed by atoms with van der Waals surface area (Å²) in [5, 5.41) is 2.35. The highest BCUT2D eigenvalue weighted by Crippen LogP contribution is 2.30. The molecule has 1 aliphatic heterocycles. The Bertz CT molecular complexity index is 543. The first-order chi connectivity index (χ1) is 8.84. The third-order valence-corrected chi connectivity index (χ3v) is 4.46. The lowest BCUT2D eigenvalue weighted by atomic mass is 10.1. The summed E-state index contributed by atoms with van der Waals surface area (Å²) in [6, 6.07) is 8.22. The number of aromatic nitrogens is 2. The fourth-order valence-corrected chi connectivity index (χ4v) is 3.24. The van der Waals surface area contributed by atoms with Crippen molar-refractivity contribution in [2.24, 2.45) is 5.73 Å². The van der Waals surface area contributed by atoms with Gasteiger partial charge in [-0.25, -0.2) is 9.97 Å².